The number of imidazole rings is 1. The first-order valence-electron chi connectivity index (χ1n) is 6.13. The number of carbonyl (C=O) groups is 1. The number of benzene rings is 1. The molecule has 3 aromatic rings. The summed E-state index contributed by atoms with van der Waals surface area (Å²) in [6.07, 6.45) is 1.59. The Labute approximate surface area is 130 Å². The number of fused-ring (bicyclic) bond motifs is 1. The Morgan fingerprint density at radius 1 is 1.24 bits per heavy atom. The van der Waals surface area contributed by atoms with Crippen molar-refractivity contribution >= 4 is 46.0 Å². The molecule has 0 aliphatic heterocycles. The van der Waals surface area contributed by atoms with E-state index >= 15 is 0 Å². The van der Waals surface area contributed by atoms with E-state index in [1.54, 1.807) is 30.5 Å². The first-order chi connectivity index (χ1) is 10.1. The minimum Gasteiger partial charge on any atom is -0.338 e. The molecule has 2 heterocycles. The lowest BCUT2D eigenvalue weighted by molar-refractivity contribution is -0.114. The maximum Gasteiger partial charge on any atom is 0.222 e. The highest BCUT2D eigenvalue weighted by atomic mass is 35.5. The molecule has 0 fully saturated rings. The van der Waals surface area contributed by atoms with Crippen LogP contribution >= 0.6 is 23.2 Å². The third-order valence-electron chi connectivity index (χ3n) is 2.89. The number of aromatic amines is 1. The number of nitrogens with zero attached hydrogens (tertiary/aromatic N) is 2. The summed E-state index contributed by atoms with van der Waals surface area (Å²) in [5.74, 6) is 0.709. The molecule has 3 rings (SSSR count). The fourth-order valence-electron chi connectivity index (χ4n) is 2.04. The quantitative estimate of drug-likeness (QED) is 0.752. The van der Waals surface area contributed by atoms with Gasteiger partial charge >= 0.3 is 0 Å². The van der Waals surface area contributed by atoms with E-state index in [9.17, 15) is 4.79 Å². The Kier molecular flexibility index (Phi) is 3.53. The molecule has 1 aromatic carbocycles. The van der Waals surface area contributed by atoms with Crippen LogP contribution in [0, 0.1) is 0 Å². The second-order valence-corrected chi connectivity index (χ2v) is 5.23. The third-order valence-corrected chi connectivity index (χ3v) is 3.52. The normalized spacial score (nSPS) is 10.8. The summed E-state index contributed by atoms with van der Waals surface area (Å²) in [7, 11) is 0. The Hall–Kier alpha value is -2.11. The molecular formula is C14H10Cl2N4O. The van der Waals surface area contributed by atoms with E-state index in [4.69, 9.17) is 23.2 Å². The number of anilines is 1. The van der Waals surface area contributed by atoms with Crippen molar-refractivity contribution in [1.82, 2.24) is 15.0 Å². The Morgan fingerprint density at radius 3 is 2.62 bits per heavy atom. The molecule has 0 bridgehead atoms. The number of H-pyrrole nitrogens is 1. The average molecular weight is 321 g/mol. The van der Waals surface area contributed by atoms with E-state index in [2.05, 4.69) is 20.3 Å². The smallest absolute Gasteiger partial charge is 0.222 e. The summed E-state index contributed by atoms with van der Waals surface area (Å²) in [4.78, 5) is 22.9. The largest absolute Gasteiger partial charge is 0.338 e. The first-order valence-corrected chi connectivity index (χ1v) is 6.88. The minimum atomic E-state index is -0.213. The van der Waals surface area contributed by atoms with Gasteiger partial charge in [0.05, 0.1) is 21.1 Å². The molecule has 0 radical (unpaired) electrons. The van der Waals surface area contributed by atoms with Gasteiger partial charge in [-0.05, 0) is 18.2 Å². The average Bonchev–Trinajstić information content (AvgIpc) is 2.82. The number of nitrogens with one attached hydrogen (secondary N) is 2. The highest BCUT2D eigenvalue weighted by Gasteiger charge is 2.15. The van der Waals surface area contributed by atoms with E-state index in [0.29, 0.717) is 32.8 Å². The highest BCUT2D eigenvalue weighted by Crippen LogP contribution is 2.34. The highest BCUT2D eigenvalue weighted by molar-refractivity contribution is 6.39. The van der Waals surface area contributed by atoms with Crippen molar-refractivity contribution in [3.63, 3.8) is 0 Å². The number of pyridine rings is 1. The van der Waals surface area contributed by atoms with Crippen molar-refractivity contribution in [3.05, 3.63) is 40.5 Å². The summed E-state index contributed by atoms with van der Waals surface area (Å²) in [5.41, 5.74) is 1.91. The Morgan fingerprint density at radius 2 is 1.95 bits per heavy atom. The van der Waals surface area contributed by atoms with Gasteiger partial charge in [0, 0.05) is 13.1 Å². The number of halogens is 2. The van der Waals surface area contributed by atoms with Crippen LogP contribution in [-0.2, 0) is 4.79 Å². The predicted octanol–water partition coefficient (Wildman–Crippen LogP) is 3.89. The summed E-state index contributed by atoms with van der Waals surface area (Å²) < 4.78 is 0. The monoisotopic (exact) mass is 320 g/mol. The summed E-state index contributed by atoms with van der Waals surface area (Å²) >= 11 is 12.4. The fraction of sp³-hybridized carbons (Fsp3) is 0.0714. The van der Waals surface area contributed by atoms with E-state index < -0.39 is 0 Å². The molecule has 0 spiro atoms. The van der Waals surface area contributed by atoms with Crippen molar-refractivity contribution in [1.29, 1.82) is 0 Å². The summed E-state index contributed by atoms with van der Waals surface area (Å²) in [6, 6.07) is 7.01. The van der Waals surface area contributed by atoms with Gasteiger partial charge in [-0.25, -0.2) is 9.97 Å². The third kappa shape index (κ3) is 2.57. The van der Waals surface area contributed by atoms with Crippen LogP contribution < -0.4 is 5.32 Å². The molecule has 0 aliphatic carbocycles. The second-order valence-electron chi connectivity index (χ2n) is 4.42. The summed E-state index contributed by atoms with van der Waals surface area (Å²) in [6.45, 7) is 1.42. The van der Waals surface area contributed by atoms with Crippen LogP contribution in [0.3, 0.4) is 0 Å². The molecule has 1 amide bonds. The molecule has 2 N–H and O–H groups in total. The van der Waals surface area contributed by atoms with Crippen LogP contribution in [0.2, 0.25) is 10.0 Å². The Balaban J connectivity index is 2.20. The van der Waals surface area contributed by atoms with Crippen LogP contribution in [-0.4, -0.2) is 20.9 Å². The fourth-order valence-corrected chi connectivity index (χ4v) is 2.61. The van der Waals surface area contributed by atoms with Crippen molar-refractivity contribution in [3.8, 4) is 11.4 Å². The molecule has 0 saturated carbocycles. The van der Waals surface area contributed by atoms with Crippen molar-refractivity contribution < 1.29 is 4.79 Å². The zero-order valence-corrected chi connectivity index (χ0v) is 12.5. The van der Waals surface area contributed by atoms with Crippen LogP contribution in [0.4, 0.5) is 5.82 Å². The van der Waals surface area contributed by atoms with Crippen molar-refractivity contribution in [2.24, 2.45) is 0 Å². The maximum atomic E-state index is 11.2. The number of hydrogen-bond acceptors (Lipinski definition) is 3. The molecule has 0 atom stereocenters. The van der Waals surface area contributed by atoms with Gasteiger partial charge in [-0.1, -0.05) is 29.3 Å². The molecular weight excluding hydrogens is 311 g/mol. The van der Waals surface area contributed by atoms with Crippen molar-refractivity contribution in [2.75, 3.05) is 5.32 Å². The van der Waals surface area contributed by atoms with E-state index in [1.165, 1.54) is 6.92 Å². The van der Waals surface area contributed by atoms with E-state index in [1.807, 2.05) is 0 Å². The minimum absolute atomic E-state index is 0.213. The van der Waals surface area contributed by atoms with Gasteiger partial charge in [0.2, 0.25) is 5.91 Å². The van der Waals surface area contributed by atoms with Gasteiger partial charge in [0.25, 0.3) is 0 Å². The topological polar surface area (TPSA) is 70.7 Å². The lowest BCUT2D eigenvalue weighted by atomic mass is 10.2. The van der Waals surface area contributed by atoms with Gasteiger partial charge in [-0.3, -0.25) is 4.79 Å². The number of aromatic nitrogens is 3. The SMILES string of the molecule is CC(=O)Nc1nccc2[nH]c(-c3c(Cl)cccc3Cl)nc12. The molecule has 106 valence electrons. The van der Waals surface area contributed by atoms with Gasteiger partial charge in [-0.2, -0.15) is 0 Å². The summed E-state index contributed by atoms with van der Waals surface area (Å²) in [5, 5.41) is 3.64. The van der Waals surface area contributed by atoms with Gasteiger partial charge in [0.15, 0.2) is 5.82 Å². The van der Waals surface area contributed by atoms with Crippen LogP contribution in [0.25, 0.3) is 22.4 Å². The van der Waals surface area contributed by atoms with Gasteiger partial charge in [0.1, 0.15) is 11.3 Å². The van der Waals surface area contributed by atoms with Gasteiger partial charge in [-0.15, -0.1) is 0 Å². The van der Waals surface area contributed by atoms with Crippen LogP contribution in [0.1, 0.15) is 6.92 Å². The lowest BCUT2D eigenvalue weighted by Crippen LogP contribution is -2.07. The molecule has 0 aliphatic rings. The lowest BCUT2D eigenvalue weighted by Gasteiger charge is -2.02. The zero-order chi connectivity index (χ0) is 15.0. The second kappa shape index (κ2) is 5.35. The van der Waals surface area contributed by atoms with Crippen molar-refractivity contribution in [2.45, 2.75) is 6.92 Å². The van der Waals surface area contributed by atoms with Crippen LogP contribution in [0.15, 0.2) is 30.5 Å². The number of carbonyl (C=O) groups excluding carboxylic acids is 1. The number of amides is 1. The van der Waals surface area contributed by atoms with E-state index in [-0.39, 0.29) is 5.91 Å². The molecule has 2 aromatic heterocycles. The molecule has 0 saturated heterocycles. The molecule has 0 unspecified atom stereocenters. The molecule has 21 heavy (non-hydrogen) atoms. The number of rotatable bonds is 2. The number of hydrogen-bond donors (Lipinski definition) is 2. The molecule has 5 nitrogen and oxygen atoms in total. The zero-order valence-electron chi connectivity index (χ0n) is 10.9. The molecule has 7 heteroatoms. The maximum absolute atomic E-state index is 11.2. The van der Waals surface area contributed by atoms with Crippen LogP contribution in [0.5, 0.6) is 0 Å². The first kappa shape index (κ1) is 13.9. The predicted molar refractivity (Wildman–Crippen MR) is 83.6 cm³/mol. The van der Waals surface area contributed by atoms with Gasteiger partial charge < -0.3 is 10.3 Å². The Bertz CT molecular complexity index is 824. The standard InChI is InChI=1S/C14H10Cl2N4O/c1-7(21)18-14-12-10(5-6-17-14)19-13(20-12)11-8(15)3-2-4-9(11)16/h2-6H,1H3,(H,19,20)(H,17,18,21). The van der Waals surface area contributed by atoms with E-state index in [0.717, 1.165) is 5.52 Å².